The molecule has 0 radical (unpaired) electrons. The average Bonchev–Trinajstić information content (AvgIpc) is 3.40. The molecule has 2 aromatic heterocycles. The van der Waals surface area contributed by atoms with Gasteiger partial charge in [0.15, 0.2) is 6.61 Å². The molecular weight excluding hydrogens is 427 g/mol. The molecule has 32 heavy (non-hydrogen) atoms. The highest BCUT2D eigenvalue weighted by Crippen LogP contribution is 2.32. The second-order valence-electron chi connectivity index (χ2n) is 6.81. The molecule has 4 rings (SSSR count). The molecule has 4 aromatic rings. The van der Waals surface area contributed by atoms with Crippen molar-refractivity contribution in [1.29, 1.82) is 0 Å². The van der Waals surface area contributed by atoms with Crippen molar-refractivity contribution in [2.75, 3.05) is 19.0 Å². The Morgan fingerprint density at radius 1 is 1.12 bits per heavy atom. The van der Waals surface area contributed by atoms with E-state index in [0.717, 1.165) is 12.1 Å². The summed E-state index contributed by atoms with van der Waals surface area (Å²) in [6, 6.07) is 13.3. The van der Waals surface area contributed by atoms with Gasteiger partial charge in [-0.25, -0.2) is 4.98 Å². The molecule has 0 spiro atoms. The molecular formula is C22H18F3N3O4. The number of carbonyl (C=O) groups excluding carboxylic acids is 1. The number of aromatic nitrogens is 2. The monoisotopic (exact) mass is 445 g/mol. The van der Waals surface area contributed by atoms with Crippen LogP contribution >= 0.6 is 0 Å². The van der Waals surface area contributed by atoms with Gasteiger partial charge in [-0.3, -0.25) is 10.1 Å². The van der Waals surface area contributed by atoms with Crippen molar-refractivity contribution in [3.63, 3.8) is 0 Å². The Morgan fingerprint density at radius 3 is 2.53 bits per heavy atom. The number of nitrogens with zero attached hydrogens (tertiary/aromatic N) is 2. The van der Waals surface area contributed by atoms with Crippen LogP contribution in [-0.4, -0.2) is 29.2 Å². The van der Waals surface area contributed by atoms with Crippen LogP contribution in [0.4, 0.5) is 19.1 Å². The van der Waals surface area contributed by atoms with Gasteiger partial charge in [-0.15, -0.1) is 0 Å². The van der Waals surface area contributed by atoms with Crippen LogP contribution in [-0.2, 0) is 17.5 Å². The van der Waals surface area contributed by atoms with Gasteiger partial charge in [-0.05, 0) is 54.6 Å². The lowest BCUT2D eigenvalue weighted by atomic mass is 10.2. The summed E-state index contributed by atoms with van der Waals surface area (Å²) in [6.45, 7) is -0.145. The fourth-order valence-electron chi connectivity index (χ4n) is 3.10. The van der Waals surface area contributed by atoms with E-state index in [1.54, 1.807) is 41.0 Å². The predicted octanol–water partition coefficient (Wildman–Crippen LogP) is 4.72. The third-order valence-electron chi connectivity index (χ3n) is 4.65. The topological polar surface area (TPSA) is 78.5 Å². The SMILES string of the molecule is COc1ccc(OCC(=O)Nc2nc3cc(C(F)(F)F)ccc3n2Cc2ccco2)cc1. The Bertz CT molecular complexity index is 1220. The molecule has 1 N–H and O–H groups in total. The summed E-state index contributed by atoms with van der Waals surface area (Å²) >= 11 is 0. The third-order valence-corrected chi connectivity index (χ3v) is 4.65. The van der Waals surface area contributed by atoms with Crippen LogP contribution in [0.25, 0.3) is 11.0 Å². The van der Waals surface area contributed by atoms with Gasteiger partial charge in [0.05, 0.1) is 36.5 Å². The maximum absolute atomic E-state index is 13.1. The quantitative estimate of drug-likeness (QED) is 0.445. The standard InChI is InChI=1S/C22H18F3N3O4/c1-30-15-5-7-16(8-6-15)32-13-20(29)27-21-26-18-11-14(22(23,24)25)4-9-19(18)28(21)12-17-3-2-10-31-17/h2-11H,12-13H2,1H3,(H,26,27,29). The molecule has 2 heterocycles. The minimum Gasteiger partial charge on any atom is -0.497 e. The number of fused-ring (bicyclic) bond motifs is 1. The van der Waals surface area contributed by atoms with Crippen LogP contribution in [0.5, 0.6) is 11.5 Å². The summed E-state index contributed by atoms with van der Waals surface area (Å²) in [5.74, 6) is 1.22. The summed E-state index contributed by atoms with van der Waals surface area (Å²) in [6.07, 6.45) is -3.02. The van der Waals surface area contributed by atoms with Crippen molar-refractivity contribution in [1.82, 2.24) is 9.55 Å². The van der Waals surface area contributed by atoms with Gasteiger partial charge >= 0.3 is 6.18 Å². The fraction of sp³-hybridized carbons (Fsp3) is 0.182. The molecule has 0 aliphatic heterocycles. The lowest BCUT2D eigenvalue weighted by molar-refractivity contribution is -0.137. The zero-order valence-corrected chi connectivity index (χ0v) is 16.8. The van der Waals surface area contributed by atoms with Crippen molar-refractivity contribution in [2.24, 2.45) is 0 Å². The van der Waals surface area contributed by atoms with Crippen LogP contribution in [0.2, 0.25) is 0 Å². The van der Waals surface area contributed by atoms with E-state index in [0.29, 0.717) is 22.8 Å². The number of hydrogen-bond donors (Lipinski definition) is 1. The van der Waals surface area contributed by atoms with Crippen molar-refractivity contribution in [2.45, 2.75) is 12.7 Å². The first kappa shape index (κ1) is 21.3. The van der Waals surface area contributed by atoms with E-state index in [9.17, 15) is 18.0 Å². The van der Waals surface area contributed by atoms with Crippen molar-refractivity contribution >= 4 is 22.9 Å². The van der Waals surface area contributed by atoms with Crippen LogP contribution in [0.15, 0.2) is 65.3 Å². The number of carbonyl (C=O) groups is 1. The van der Waals surface area contributed by atoms with E-state index < -0.39 is 17.6 Å². The molecule has 0 aliphatic rings. The van der Waals surface area contributed by atoms with Gasteiger partial charge in [0.1, 0.15) is 17.3 Å². The Kier molecular flexibility index (Phi) is 5.76. The maximum atomic E-state index is 13.1. The van der Waals surface area contributed by atoms with Gasteiger partial charge in [0.2, 0.25) is 5.95 Å². The number of nitrogens with one attached hydrogen (secondary N) is 1. The molecule has 0 bridgehead atoms. The van der Waals surface area contributed by atoms with E-state index in [1.807, 2.05) is 0 Å². The highest BCUT2D eigenvalue weighted by Gasteiger charge is 2.31. The van der Waals surface area contributed by atoms with Gasteiger partial charge < -0.3 is 18.5 Å². The number of hydrogen-bond acceptors (Lipinski definition) is 5. The van der Waals surface area contributed by atoms with Crippen LogP contribution < -0.4 is 14.8 Å². The van der Waals surface area contributed by atoms with Crippen molar-refractivity contribution in [3.8, 4) is 11.5 Å². The summed E-state index contributed by atoms with van der Waals surface area (Å²) in [7, 11) is 1.54. The number of methoxy groups -OCH3 is 1. The summed E-state index contributed by atoms with van der Waals surface area (Å²) in [5, 5.41) is 2.60. The second kappa shape index (κ2) is 8.66. The minimum absolute atomic E-state index is 0.0825. The minimum atomic E-state index is -4.51. The van der Waals surface area contributed by atoms with Crippen LogP contribution in [0, 0.1) is 0 Å². The predicted molar refractivity (Wildman–Crippen MR) is 110 cm³/mol. The molecule has 2 aromatic carbocycles. The first-order valence-corrected chi connectivity index (χ1v) is 9.50. The average molecular weight is 445 g/mol. The summed E-state index contributed by atoms with van der Waals surface area (Å²) in [4.78, 5) is 16.7. The van der Waals surface area contributed by atoms with Gasteiger partial charge in [0.25, 0.3) is 5.91 Å². The number of ether oxygens (including phenoxy) is 2. The molecule has 0 fully saturated rings. The van der Waals surface area contributed by atoms with Crippen molar-refractivity contribution < 1.29 is 31.9 Å². The molecule has 0 saturated heterocycles. The number of furan rings is 1. The first-order chi connectivity index (χ1) is 15.3. The number of alkyl halides is 3. The Morgan fingerprint density at radius 2 is 1.88 bits per heavy atom. The van der Waals surface area contributed by atoms with E-state index in [2.05, 4.69) is 10.3 Å². The number of halogens is 3. The van der Waals surface area contributed by atoms with Gasteiger partial charge in [0, 0.05) is 0 Å². The number of amides is 1. The smallest absolute Gasteiger partial charge is 0.416 e. The Balaban J connectivity index is 1.57. The van der Waals surface area contributed by atoms with Crippen LogP contribution in [0.1, 0.15) is 11.3 Å². The van der Waals surface area contributed by atoms with E-state index in [-0.39, 0.29) is 24.6 Å². The highest BCUT2D eigenvalue weighted by molar-refractivity contribution is 5.92. The molecule has 0 unspecified atom stereocenters. The van der Waals surface area contributed by atoms with Crippen molar-refractivity contribution in [3.05, 3.63) is 72.2 Å². The number of benzene rings is 2. The lowest BCUT2D eigenvalue weighted by Crippen LogP contribution is -2.22. The summed E-state index contributed by atoms with van der Waals surface area (Å²) in [5.41, 5.74) is -0.313. The normalized spacial score (nSPS) is 11.5. The van der Waals surface area contributed by atoms with Gasteiger partial charge in [-0.2, -0.15) is 13.2 Å². The third kappa shape index (κ3) is 4.69. The highest BCUT2D eigenvalue weighted by atomic mass is 19.4. The maximum Gasteiger partial charge on any atom is 0.416 e. The number of anilines is 1. The molecule has 10 heteroatoms. The largest absolute Gasteiger partial charge is 0.497 e. The van der Waals surface area contributed by atoms with Crippen LogP contribution in [0.3, 0.4) is 0 Å². The summed E-state index contributed by atoms with van der Waals surface area (Å²) < 4.78 is 56.7. The number of imidazole rings is 1. The Labute approximate surface area is 180 Å². The van der Waals surface area contributed by atoms with E-state index in [1.165, 1.54) is 19.4 Å². The molecule has 0 aliphatic carbocycles. The first-order valence-electron chi connectivity index (χ1n) is 9.50. The molecule has 166 valence electrons. The number of rotatable bonds is 7. The molecule has 0 atom stereocenters. The zero-order valence-electron chi connectivity index (χ0n) is 16.8. The zero-order chi connectivity index (χ0) is 22.7. The van der Waals surface area contributed by atoms with Gasteiger partial charge in [-0.1, -0.05) is 0 Å². The molecule has 1 amide bonds. The molecule has 7 nitrogen and oxygen atoms in total. The fourth-order valence-corrected chi connectivity index (χ4v) is 3.10. The molecule has 0 saturated carbocycles. The lowest BCUT2D eigenvalue weighted by Gasteiger charge is -2.10. The second-order valence-corrected chi connectivity index (χ2v) is 6.81. The van der Waals surface area contributed by atoms with E-state index >= 15 is 0 Å². The van der Waals surface area contributed by atoms with E-state index in [4.69, 9.17) is 13.9 Å². The Hall–Kier alpha value is -3.95.